The fourth-order valence-corrected chi connectivity index (χ4v) is 4.69. The van der Waals surface area contributed by atoms with Gasteiger partial charge in [-0.2, -0.15) is 0 Å². The first-order valence-corrected chi connectivity index (χ1v) is 10.7. The molecule has 0 amide bonds. The summed E-state index contributed by atoms with van der Waals surface area (Å²) in [4.78, 5) is 11.6. The molecule has 3 aromatic carbocycles. The van der Waals surface area contributed by atoms with Crippen molar-refractivity contribution >= 4 is 16.9 Å². The number of phenolic OH excluding ortho intramolecular Hbond substituents is 1. The van der Waals surface area contributed by atoms with Crippen molar-refractivity contribution in [3.05, 3.63) is 83.6 Å². The summed E-state index contributed by atoms with van der Waals surface area (Å²) < 4.78 is 36.4. The zero-order valence-corrected chi connectivity index (χ0v) is 17.6. The van der Waals surface area contributed by atoms with Crippen LogP contribution in [0.1, 0.15) is 34.8 Å². The van der Waals surface area contributed by atoms with Gasteiger partial charge >= 0.3 is 5.97 Å². The molecule has 0 atom stereocenters. The van der Waals surface area contributed by atoms with Gasteiger partial charge < -0.3 is 19.5 Å². The molecule has 1 fully saturated rings. The van der Waals surface area contributed by atoms with E-state index in [1.54, 1.807) is 18.2 Å². The van der Waals surface area contributed by atoms with E-state index in [4.69, 9.17) is 4.74 Å². The van der Waals surface area contributed by atoms with Gasteiger partial charge in [0, 0.05) is 41.6 Å². The second-order valence-corrected chi connectivity index (χ2v) is 8.13. The first kappa shape index (κ1) is 21.2. The van der Waals surface area contributed by atoms with E-state index >= 15 is 4.39 Å². The number of aromatic hydroxyl groups is 1. The van der Waals surface area contributed by atoms with Crippen molar-refractivity contribution in [2.24, 2.45) is 0 Å². The molecule has 168 valence electrons. The second-order valence-electron chi connectivity index (χ2n) is 8.13. The van der Waals surface area contributed by atoms with Gasteiger partial charge in [-0.3, -0.25) is 0 Å². The van der Waals surface area contributed by atoms with E-state index in [-0.39, 0.29) is 28.6 Å². The van der Waals surface area contributed by atoms with Gasteiger partial charge in [-0.25, -0.2) is 13.6 Å². The number of fused-ring (bicyclic) bond motifs is 1. The number of halogens is 2. The molecule has 5 nitrogen and oxygen atoms in total. The summed E-state index contributed by atoms with van der Waals surface area (Å²) in [5.41, 5.74) is 2.52. The van der Waals surface area contributed by atoms with Crippen LogP contribution in [-0.2, 0) is 4.74 Å². The predicted molar refractivity (Wildman–Crippen MR) is 120 cm³/mol. The predicted octanol–water partition coefficient (Wildman–Crippen LogP) is 5.87. The average Bonchev–Trinajstić information content (AvgIpc) is 3.16. The SMILES string of the molecule is O=C(O)c1ccc(F)c(-c2c(C3CCOCC3)n(-c3ccc(F)cc3)c3cccc(O)c23)c1. The van der Waals surface area contributed by atoms with E-state index in [0.717, 1.165) is 11.8 Å². The minimum atomic E-state index is -1.17. The lowest BCUT2D eigenvalue weighted by atomic mass is 9.89. The minimum Gasteiger partial charge on any atom is -0.507 e. The molecule has 5 rings (SSSR count). The third-order valence-corrected chi connectivity index (χ3v) is 6.18. The number of hydrogen-bond acceptors (Lipinski definition) is 3. The molecule has 0 spiro atoms. The molecule has 1 aromatic heterocycles. The summed E-state index contributed by atoms with van der Waals surface area (Å²) in [6.45, 7) is 1.05. The molecule has 4 aromatic rings. The first-order chi connectivity index (χ1) is 16.0. The standard InChI is InChI=1S/C26H21F2NO4/c27-17-5-7-18(8-6-17)29-21-2-1-3-22(30)24(21)23(25(29)15-10-12-33-13-11-15)19-14-16(26(31)32)4-9-20(19)28/h1-9,14-15,30H,10-13H2,(H,31,32). The minimum absolute atomic E-state index is 0.0431. The lowest BCUT2D eigenvalue weighted by Gasteiger charge is -2.26. The van der Waals surface area contributed by atoms with E-state index < -0.39 is 11.8 Å². The van der Waals surface area contributed by atoms with E-state index in [1.807, 2.05) is 10.6 Å². The van der Waals surface area contributed by atoms with Crippen LogP contribution in [0, 0.1) is 11.6 Å². The zero-order chi connectivity index (χ0) is 23.1. The average molecular weight is 449 g/mol. The van der Waals surface area contributed by atoms with Gasteiger partial charge in [0.2, 0.25) is 0 Å². The van der Waals surface area contributed by atoms with E-state index in [0.29, 0.717) is 48.2 Å². The molecule has 0 aliphatic carbocycles. The number of hydrogen-bond donors (Lipinski definition) is 2. The molecule has 1 aliphatic rings. The van der Waals surface area contributed by atoms with Gasteiger partial charge in [0.1, 0.15) is 17.4 Å². The number of phenols is 1. The fourth-order valence-electron chi connectivity index (χ4n) is 4.69. The molecule has 2 N–H and O–H groups in total. The maximum absolute atomic E-state index is 15.2. The highest BCUT2D eigenvalue weighted by molar-refractivity contribution is 6.04. The summed E-state index contributed by atoms with van der Waals surface area (Å²) in [7, 11) is 0. The third kappa shape index (κ3) is 3.64. The molecule has 0 unspecified atom stereocenters. The van der Waals surface area contributed by atoms with Gasteiger partial charge in [0.15, 0.2) is 0 Å². The highest BCUT2D eigenvalue weighted by Crippen LogP contribution is 2.47. The maximum atomic E-state index is 15.2. The summed E-state index contributed by atoms with van der Waals surface area (Å²) in [5, 5.41) is 20.8. The highest BCUT2D eigenvalue weighted by atomic mass is 19.1. The maximum Gasteiger partial charge on any atom is 0.335 e. The molecular formula is C26H21F2NO4. The van der Waals surface area contributed by atoms with Crippen LogP contribution in [0.4, 0.5) is 8.78 Å². The zero-order valence-electron chi connectivity index (χ0n) is 17.6. The van der Waals surface area contributed by atoms with E-state index in [2.05, 4.69) is 0 Å². The van der Waals surface area contributed by atoms with Crippen LogP contribution >= 0.6 is 0 Å². The topological polar surface area (TPSA) is 71.7 Å². The lowest BCUT2D eigenvalue weighted by molar-refractivity contribution is 0.0697. The Morgan fingerprint density at radius 3 is 2.42 bits per heavy atom. The third-order valence-electron chi connectivity index (χ3n) is 6.18. The van der Waals surface area contributed by atoms with Crippen molar-refractivity contribution < 1.29 is 28.5 Å². The number of nitrogens with zero attached hydrogens (tertiary/aromatic N) is 1. The Bertz CT molecular complexity index is 1360. The van der Waals surface area contributed by atoms with Crippen LogP contribution in [0.5, 0.6) is 5.75 Å². The van der Waals surface area contributed by atoms with Gasteiger partial charge in [-0.05, 0) is 67.4 Å². The van der Waals surface area contributed by atoms with Crippen molar-refractivity contribution in [2.75, 3.05) is 13.2 Å². The molecule has 2 heterocycles. The number of ether oxygens (including phenoxy) is 1. The van der Waals surface area contributed by atoms with Gasteiger partial charge in [-0.15, -0.1) is 0 Å². The first-order valence-electron chi connectivity index (χ1n) is 10.7. The van der Waals surface area contributed by atoms with Crippen molar-refractivity contribution in [3.8, 4) is 22.6 Å². The Labute approximate surface area is 188 Å². The molecule has 0 radical (unpaired) electrons. The Kier molecular flexibility index (Phi) is 5.34. The number of benzene rings is 3. The largest absolute Gasteiger partial charge is 0.507 e. The molecule has 1 saturated heterocycles. The van der Waals surface area contributed by atoms with Crippen LogP contribution < -0.4 is 0 Å². The second kappa shape index (κ2) is 8.33. The van der Waals surface area contributed by atoms with Crippen molar-refractivity contribution in [2.45, 2.75) is 18.8 Å². The lowest BCUT2D eigenvalue weighted by Crippen LogP contribution is -2.17. The van der Waals surface area contributed by atoms with Crippen molar-refractivity contribution in [1.82, 2.24) is 4.57 Å². The van der Waals surface area contributed by atoms with Crippen molar-refractivity contribution in [3.63, 3.8) is 0 Å². The molecule has 0 bridgehead atoms. The molecule has 0 saturated carbocycles. The number of rotatable bonds is 4. The summed E-state index contributed by atoms with van der Waals surface area (Å²) in [6, 6.07) is 14.6. The fraction of sp³-hybridized carbons (Fsp3) is 0.192. The Hall–Kier alpha value is -3.71. The normalized spacial score (nSPS) is 14.6. The van der Waals surface area contributed by atoms with Crippen LogP contribution in [0.15, 0.2) is 60.7 Å². The molecular weight excluding hydrogens is 428 g/mol. The number of aromatic nitrogens is 1. The van der Waals surface area contributed by atoms with Gasteiger partial charge in [0.05, 0.1) is 16.5 Å². The summed E-state index contributed by atoms with van der Waals surface area (Å²) in [6.07, 6.45) is 1.34. The van der Waals surface area contributed by atoms with Crippen LogP contribution in [0.25, 0.3) is 27.7 Å². The highest BCUT2D eigenvalue weighted by Gasteiger charge is 2.30. The quantitative estimate of drug-likeness (QED) is 0.409. The molecule has 33 heavy (non-hydrogen) atoms. The Balaban J connectivity index is 1.92. The van der Waals surface area contributed by atoms with Crippen LogP contribution in [-0.4, -0.2) is 34.0 Å². The Morgan fingerprint density at radius 1 is 1.00 bits per heavy atom. The molecule has 1 aliphatic heterocycles. The van der Waals surface area contributed by atoms with Crippen molar-refractivity contribution in [1.29, 1.82) is 0 Å². The summed E-state index contributed by atoms with van der Waals surface area (Å²) in [5.74, 6) is -2.23. The van der Waals surface area contributed by atoms with Gasteiger partial charge in [0.25, 0.3) is 0 Å². The van der Waals surface area contributed by atoms with E-state index in [1.165, 1.54) is 30.3 Å². The Morgan fingerprint density at radius 2 is 1.73 bits per heavy atom. The van der Waals surface area contributed by atoms with Gasteiger partial charge in [-0.1, -0.05) is 6.07 Å². The smallest absolute Gasteiger partial charge is 0.335 e. The van der Waals surface area contributed by atoms with Crippen LogP contribution in [0.2, 0.25) is 0 Å². The van der Waals surface area contributed by atoms with E-state index in [9.17, 15) is 19.4 Å². The number of carboxylic acid groups (broad SMARTS) is 1. The summed E-state index contributed by atoms with van der Waals surface area (Å²) >= 11 is 0. The number of aromatic carboxylic acids is 1. The number of carboxylic acids is 1. The van der Waals surface area contributed by atoms with Crippen LogP contribution in [0.3, 0.4) is 0 Å². The monoisotopic (exact) mass is 449 g/mol. The molecule has 7 heteroatoms. The number of carbonyl (C=O) groups is 1.